The number of benzene rings is 3. The van der Waals surface area contributed by atoms with Crippen molar-refractivity contribution in [3.05, 3.63) is 89.5 Å². The highest BCUT2D eigenvalue weighted by Gasteiger charge is 2.36. The van der Waals surface area contributed by atoms with E-state index in [2.05, 4.69) is 17.4 Å². The number of fused-ring (bicyclic) bond motifs is 2. The molecule has 2 aliphatic heterocycles. The molecule has 2 aliphatic rings. The maximum Gasteiger partial charge on any atom is 0.255 e. The Labute approximate surface area is 190 Å². The van der Waals surface area contributed by atoms with Crippen LogP contribution >= 0.6 is 11.8 Å². The van der Waals surface area contributed by atoms with Crippen LogP contribution in [0.3, 0.4) is 0 Å². The van der Waals surface area contributed by atoms with Gasteiger partial charge in [-0.05, 0) is 29.3 Å². The van der Waals surface area contributed by atoms with Crippen LogP contribution < -0.4 is 14.8 Å². The van der Waals surface area contributed by atoms with Crippen LogP contribution in [0, 0.1) is 0 Å². The standard InChI is InChI=1S/C25H22N2O4S/c28-24(26-19-10-11-22-23(12-19)31-16-30-22)21(15-32-14-17-6-2-1-3-7-17)27-13-18-8-4-5-9-20(18)25(27)29/h1-12,21H,13-16H2,(H,26,28). The van der Waals surface area contributed by atoms with Gasteiger partial charge in [0.1, 0.15) is 6.04 Å². The zero-order valence-corrected chi connectivity index (χ0v) is 18.1. The molecule has 2 amide bonds. The van der Waals surface area contributed by atoms with Crippen LogP contribution in [0.15, 0.2) is 72.8 Å². The molecule has 0 bridgehead atoms. The molecule has 3 aromatic rings. The van der Waals surface area contributed by atoms with Crippen molar-refractivity contribution in [3.63, 3.8) is 0 Å². The summed E-state index contributed by atoms with van der Waals surface area (Å²) in [5.41, 5.74) is 3.41. The lowest BCUT2D eigenvalue weighted by molar-refractivity contribution is -0.119. The molecule has 1 unspecified atom stereocenters. The minimum Gasteiger partial charge on any atom is -0.454 e. The van der Waals surface area contributed by atoms with Crippen molar-refractivity contribution in [1.29, 1.82) is 0 Å². The Morgan fingerprint density at radius 3 is 2.62 bits per heavy atom. The Hall–Kier alpha value is -3.45. The van der Waals surface area contributed by atoms with Crippen LogP contribution in [-0.2, 0) is 17.1 Å². The smallest absolute Gasteiger partial charge is 0.255 e. The van der Waals surface area contributed by atoms with Gasteiger partial charge < -0.3 is 19.7 Å². The van der Waals surface area contributed by atoms with E-state index in [0.29, 0.717) is 35.0 Å². The van der Waals surface area contributed by atoms with Crippen molar-refractivity contribution >= 4 is 29.3 Å². The van der Waals surface area contributed by atoms with Gasteiger partial charge in [-0.25, -0.2) is 0 Å². The molecule has 6 nitrogen and oxygen atoms in total. The van der Waals surface area contributed by atoms with Gasteiger partial charge in [0.15, 0.2) is 11.5 Å². The number of rotatable bonds is 7. The lowest BCUT2D eigenvalue weighted by Gasteiger charge is -2.27. The largest absolute Gasteiger partial charge is 0.454 e. The van der Waals surface area contributed by atoms with Crippen LogP contribution in [0.5, 0.6) is 11.5 Å². The first-order chi connectivity index (χ1) is 15.7. The summed E-state index contributed by atoms with van der Waals surface area (Å²) in [6.07, 6.45) is 0. The Morgan fingerprint density at radius 2 is 1.78 bits per heavy atom. The number of nitrogens with zero attached hydrogens (tertiary/aromatic N) is 1. The highest BCUT2D eigenvalue weighted by atomic mass is 32.2. The molecule has 3 aromatic carbocycles. The topological polar surface area (TPSA) is 67.9 Å². The molecule has 0 saturated heterocycles. The molecule has 0 aliphatic carbocycles. The Balaban J connectivity index is 1.34. The van der Waals surface area contributed by atoms with Gasteiger partial charge in [0.2, 0.25) is 12.7 Å². The van der Waals surface area contributed by atoms with Gasteiger partial charge in [-0.2, -0.15) is 11.8 Å². The van der Waals surface area contributed by atoms with E-state index in [0.717, 1.165) is 11.3 Å². The number of amides is 2. The average molecular weight is 447 g/mol. The average Bonchev–Trinajstić information content (AvgIpc) is 3.41. The van der Waals surface area contributed by atoms with Gasteiger partial charge in [-0.3, -0.25) is 9.59 Å². The Bertz CT molecular complexity index is 1150. The summed E-state index contributed by atoms with van der Waals surface area (Å²) in [6, 6.07) is 22.3. The van der Waals surface area contributed by atoms with Crippen molar-refractivity contribution in [2.24, 2.45) is 0 Å². The lowest BCUT2D eigenvalue weighted by atomic mass is 10.1. The summed E-state index contributed by atoms with van der Waals surface area (Å²) in [7, 11) is 0. The van der Waals surface area contributed by atoms with Crippen molar-refractivity contribution < 1.29 is 19.1 Å². The number of anilines is 1. The highest BCUT2D eigenvalue weighted by Crippen LogP contribution is 2.34. The first-order valence-corrected chi connectivity index (χ1v) is 11.6. The molecule has 0 radical (unpaired) electrons. The molecule has 2 heterocycles. The third kappa shape index (κ3) is 4.16. The van der Waals surface area contributed by atoms with Gasteiger partial charge in [0.25, 0.3) is 5.91 Å². The predicted molar refractivity (Wildman–Crippen MR) is 124 cm³/mol. The zero-order chi connectivity index (χ0) is 21.9. The third-order valence-electron chi connectivity index (χ3n) is 5.56. The van der Waals surface area contributed by atoms with E-state index in [1.807, 2.05) is 42.5 Å². The normalized spacial score (nSPS) is 14.9. The fourth-order valence-electron chi connectivity index (χ4n) is 3.90. The van der Waals surface area contributed by atoms with Crippen LogP contribution in [0.2, 0.25) is 0 Å². The van der Waals surface area contributed by atoms with E-state index in [4.69, 9.17) is 9.47 Å². The summed E-state index contributed by atoms with van der Waals surface area (Å²) in [6.45, 7) is 0.603. The summed E-state index contributed by atoms with van der Waals surface area (Å²) < 4.78 is 10.8. The van der Waals surface area contributed by atoms with Gasteiger partial charge >= 0.3 is 0 Å². The lowest BCUT2D eigenvalue weighted by Crippen LogP contribution is -2.46. The Kier molecular flexibility index (Phi) is 5.73. The van der Waals surface area contributed by atoms with E-state index >= 15 is 0 Å². The molecule has 7 heteroatoms. The maximum absolute atomic E-state index is 13.3. The summed E-state index contributed by atoms with van der Waals surface area (Å²) in [5, 5.41) is 2.96. The number of hydrogen-bond donors (Lipinski definition) is 1. The molecule has 0 fully saturated rings. The molecule has 1 N–H and O–H groups in total. The van der Waals surface area contributed by atoms with Gasteiger partial charge in [-0.1, -0.05) is 48.5 Å². The maximum atomic E-state index is 13.3. The van der Waals surface area contributed by atoms with Crippen LogP contribution in [0.25, 0.3) is 0 Å². The minimum atomic E-state index is -0.603. The SMILES string of the molecule is O=C(Nc1ccc2c(c1)OCO2)C(CSCc1ccccc1)N1Cc2ccccc2C1=O. The highest BCUT2D eigenvalue weighted by molar-refractivity contribution is 7.98. The molecule has 32 heavy (non-hydrogen) atoms. The van der Waals surface area contributed by atoms with Crippen LogP contribution in [0.1, 0.15) is 21.5 Å². The molecule has 5 rings (SSSR count). The number of carbonyl (C=O) groups excluding carboxylic acids is 2. The number of thioether (sulfide) groups is 1. The second kappa shape index (κ2) is 8.96. The number of nitrogens with one attached hydrogen (secondary N) is 1. The monoisotopic (exact) mass is 446 g/mol. The molecule has 0 aromatic heterocycles. The molecule has 0 saturated carbocycles. The predicted octanol–water partition coefficient (Wildman–Crippen LogP) is 4.31. The second-order valence-electron chi connectivity index (χ2n) is 7.66. The number of ether oxygens (including phenoxy) is 2. The minimum absolute atomic E-state index is 0.105. The quantitative estimate of drug-likeness (QED) is 0.586. The summed E-state index contributed by atoms with van der Waals surface area (Å²) in [4.78, 5) is 28.1. The van der Waals surface area contributed by atoms with Gasteiger partial charge in [-0.15, -0.1) is 0 Å². The van der Waals surface area contributed by atoms with Crippen molar-refractivity contribution in [1.82, 2.24) is 4.90 Å². The molecular formula is C25H22N2O4S. The third-order valence-corrected chi connectivity index (χ3v) is 6.64. The van der Waals surface area contributed by atoms with Crippen molar-refractivity contribution in [2.45, 2.75) is 18.3 Å². The molecule has 1 atom stereocenters. The first-order valence-electron chi connectivity index (χ1n) is 10.4. The molecule has 162 valence electrons. The van der Waals surface area contributed by atoms with Crippen LogP contribution in [-0.4, -0.2) is 35.3 Å². The summed E-state index contributed by atoms with van der Waals surface area (Å²) in [5.74, 6) is 2.19. The van der Waals surface area contributed by atoms with Crippen molar-refractivity contribution in [2.75, 3.05) is 17.9 Å². The van der Waals surface area contributed by atoms with E-state index in [1.165, 1.54) is 5.56 Å². The van der Waals surface area contributed by atoms with E-state index < -0.39 is 6.04 Å². The molecular weight excluding hydrogens is 424 g/mol. The first kappa shape index (κ1) is 20.5. The van der Waals surface area contributed by atoms with Crippen molar-refractivity contribution in [3.8, 4) is 11.5 Å². The fraction of sp³-hybridized carbons (Fsp3) is 0.200. The van der Waals surface area contributed by atoms with E-state index in [-0.39, 0.29) is 18.6 Å². The number of carbonyl (C=O) groups is 2. The Morgan fingerprint density at radius 1 is 1.00 bits per heavy atom. The zero-order valence-electron chi connectivity index (χ0n) is 17.3. The van der Waals surface area contributed by atoms with Gasteiger partial charge in [0, 0.05) is 35.4 Å². The van der Waals surface area contributed by atoms with E-state index in [1.54, 1.807) is 34.9 Å². The summed E-state index contributed by atoms with van der Waals surface area (Å²) >= 11 is 1.64. The van der Waals surface area contributed by atoms with E-state index in [9.17, 15) is 9.59 Å². The van der Waals surface area contributed by atoms with Crippen LogP contribution in [0.4, 0.5) is 5.69 Å². The van der Waals surface area contributed by atoms with Gasteiger partial charge in [0.05, 0.1) is 0 Å². The number of hydrogen-bond acceptors (Lipinski definition) is 5. The molecule has 0 spiro atoms. The fourth-order valence-corrected chi connectivity index (χ4v) is 5.00. The second-order valence-corrected chi connectivity index (χ2v) is 8.69.